The molecule has 2 aromatic carbocycles. The molecule has 1 aliphatic rings. The highest BCUT2D eigenvalue weighted by molar-refractivity contribution is 7.91. The molecule has 1 atom stereocenters. The van der Waals surface area contributed by atoms with Gasteiger partial charge in [0.05, 0.1) is 17.1 Å². The molecule has 1 amide bonds. The largest absolute Gasteiger partial charge is 0.481 e. The number of anilines is 1. The lowest BCUT2D eigenvalue weighted by atomic mass is 10.0. The zero-order chi connectivity index (χ0) is 18.9. The van der Waals surface area contributed by atoms with Crippen LogP contribution in [0.2, 0.25) is 0 Å². The number of hydrogen-bond acceptors (Lipinski definition) is 4. The van der Waals surface area contributed by atoms with Crippen LogP contribution in [-0.4, -0.2) is 37.7 Å². The van der Waals surface area contributed by atoms with Gasteiger partial charge in [0.15, 0.2) is 9.84 Å². The van der Waals surface area contributed by atoms with Crippen LogP contribution >= 0.6 is 0 Å². The fraction of sp³-hybridized carbons (Fsp3) is 0.263. The third-order valence-electron chi connectivity index (χ3n) is 4.59. The monoisotopic (exact) mass is 373 g/mol. The molecule has 0 aromatic heterocycles. The number of fused-ring (bicyclic) bond motifs is 1. The number of nitrogens with zero attached hydrogens (tertiary/aromatic N) is 1. The Labute approximate surface area is 152 Å². The summed E-state index contributed by atoms with van der Waals surface area (Å²) in [6.07, 6.45) is 0.0765. The molecular formula is C19H19NO5S. The van der Waals surface area contributed by atoms with E-state index in [1.165, 1.54) is 17.0 Å². The van der Waals surface area contributed by atoms with Gasteiger partial charge in [0.1, 0.15) is 5.92 Å². The zero-order valence-corrected chi connectivity index (χ0v) is 15.1. The molecular weight excluding hydrogens is 354 g/mol. The van der Waals surface area contributed by atoms with E-state index in [0.717, 1.165) is 0 Å². The molecule has 0 saturated carbocycles. The summed E-state index contributed by atoms with van der Waals surface area (Å²) in [5, 5.41) is 9.38. The Morgan fingerprint density at radius 3 is 2.38 bits per heavy atom. The molecule has 1 N–H and O–H groups in total. The normalized spacial score (nSPS) is 16.3. The van der Waals surface area contributed by atoms with E-state index in [0.29, 0.717) is 16.8 Å². The lowest BCUT2D eigenvalue weighted by Gasteiger charge is -2.17. The first-order valence-corrected chi connectivity index (χ1v) is 9.92. The van der Waals surface area contributed by atoms with Crippen LogP contribution in [-0.2, 0) is 25.8 Å². The van der Waals surface area contributed by atoms with Crippen LogP contribution in [0.4, 0.5) is 5.69 Å². The number of amides is 1. The Balaban J connectivity index is 1.80. The van der Waals surface area contributed by atoms with Crippen LogP contribution < -0.4 is 4.90 Å². The van der Waals surface area contributed by atoms with E-state index < -0.39 is 21.7 Å². The Bertz CT molecular complexity index is 950. The molecule has 7 heteroatoms. The third kappa shape index (κ3) is 3.35. The minimum absolute atomic E-state index is 0.0203. The van der Waals surface area contributed by atoms with E-state index in [2.05, 4.69) is 0 Å². The van der Waals surface area contributed by atoms with E-state index in [-0.39, 0.29) is 29.5 Å². The van der Waals surface area contributed by atoms with Crippen molar-refractivity contribution in [1.82, 2.24) is 0 Å². The van der Waals surface area contributed by atoms with Gasteiger partial charge in [-0.15, -0.1) is 0 Å². The lowest BCUT2D eigenvalue weighted by Crippen LogP contribution is -2.32. The topological polar surface area (TPSA) is 91.8 Å². The molecule has 3 rings (SSSR count). The molecule has 0 aliphatic carbocycles. The summed E-state index contributed by atoms with van der Waals surface area (Å²) in [4.78, 5) is 25.9. The van der Waals surface area contributed by atoms with Crippen LogP contribution in [0.5, 0.6) is 0 Å². The number of hydrogen-bond donors (Lipinski definition) is 1. The maximum atomic E-state index is 12.7. The van der Waals surface area contributed by atoms with Gasteiger partial charge in [-0.05, 0) is 29.3 Å². The van der Waals surface area contributed by atoms with Crippen molar-refractivity contribution in [3.63, 3.8) is 0 Å². The number of carbonyl (C=O) groups excluding carboxylic acids is 1. The second-order valence-electron chi connectivity index (χ2n) is 6.18. The number of aliphatic carboxylic acids is 1. The average Bonchev–Trinajstić information content (AvgIpc) is 3.02. The molecule has 136 valence electrons. The van der Waals surface area contributed by atoms with Crippen LogP contribution in [0.25, 0.3) is 0 Å². The fourth-order valence-electron chi connectivity index (χ4n) is 3.11. The molecule has 6 nitrogen and oxygen atoms in total. The summed E-state index contributed by atoms with van der Waals surface area (Å²) in [7, 11) is -3.28. The number of para-hydroxylation sites is 1. The van der Waals surface area contributed by atoms with Gasteiger partial charge in [-0.1, -0.05) is 37.3 Å². The number of benzene rings is 2. The minimum Gasteiger partial charge on any atom is -0.481 e. The second kappa shape index (κ2) is 6.92. The quantitative estimate of drug-likeness (QED) is 0.868. The van der Waals surface area contributed by atoms with Crippen molar-refractivity contribution >= 4 is 27.4 Å². The first-order chi connectivity index (χ1) is 12.3. The van der Waals surface area contributed by atoms with Gasteiger partial charge in [0.2, 0.25) is 5.91 Å². The first kappa shape index (κ1) is 18.1. The maximum Gasteiger partial charge on any atom is 0.312 e. The highest BCUT2D eigenvalue weighted by Gasteiger charge is 2.36. The molecule has 0 fully saturated rings. The van der Waals surface area contributed by atoms with Crippen LogP contribution in [0.1, 0.15) is 24.0 Å². The van der Waals surface area contributed by atoms with Crippen molar-refractivity contribution in [3.05, 3.63) is 59.7 Å². The molecule has 0 spiro atoms. The summed E-state index contributed by atoms with van der Waals surface area (Å²) in [6.45, 7) is 1.69. The predicted molar refractivity (Wildman–Crippen MR) is 97.0 cm³/mol. The molecule has 1 aliphatic heterocycles. The van der Waals surface area contributed by atoms with E-state index in [1.54, 1.807) is 43.3 Å². The molecule has 1 unspecified atom stereocenters. The third-order valence-corrected chi connectivity index (χ3v) is 6.34. The molecule has 0 radical (unpaired) electrons. The highest BCUT2D eigenvalue weighted by atomic mass is 32.2. The van der Waals surface area contributed by atoms with Gasteiger partial charge in [-0.25, -0.2) is 8.42 Å². The number of carbonyl (C=O) groups is 2. The zero-order valence-electron chi connectivity index (χ0n) is 14.3. The van der Waals surface area contributed by atoms with Gasteiger partial charge in [0.25, 0.3) is 0 Å². The smallest absolute Gasteiger partial charge is 0.312 e. The van der Waals surface area contributed by atoms with Gasteiger partial charge in [0, 0.05) is 12.2 Å². The molecule has 2 aromatic rings. The number of carboxylic acids is 1. The number of rotatable bonds is 5. The molecule has 0 bridgehead atoms. The first-order valence-electron chi connectivity index (χ1n) is 8.27. The van der Waals surface area contributed by atoms with Gasteiger partial charge >= 0.3 is 5.97 Å². The summed E-state index contributed by atoms with van der Waals surface area (Å²) in [5.41, 5.74) is 1.94. The van der Waals surface area contributed by atoms with E-state index in [1.807, 2.05) is 0 Å². The maximum absolute atomic E-state index is 12.7. The predicted octanol–water partition coefficient (Wildman–Crippen LogP) is 2.24. The van der Waals surface area contributed by atoms with Crippen LogP contribution in [0, 0.1) is 0 Å². The second-order valence-corrected chi connectivity index (χ2v) is 8.46. The van der Waals surface area contributed by atoms with Gasteiger partial charge in [-0.3, -0.25) is 9.59 Å². The Morgan fingerprint density at radius 2 is 1.77 bits per heavy atom. The SMILES string of the molecule is CCS(=O)(=O)c1ccc(CC(=O)N2CC(C(=O)O)c3ccccc32)cc1. The average molecular weight is 373 g/mol. The van der Waals surface area contributed by atoms with E-state index in [9.17, 15) is 23.1 Å². The van der Waals surface area contributed by atoms with Crippen molar-refractivity contribution in [2.24, 2.45) is 0 Å². The molecule has 26 heavy (non-hydrogen) atoms. The van der Waals surface area contributed by atoms with Crippen molar-refractivity contribution < 1.29 is 23.1 Å². The van der Waals surface area contributed by atoms with Gasteiger partial charge < -0.3 is 10.0 Å². The van der Waals surface area contributed by atoms with Crippen molar-refractivity contribution in [2.75, 3.05) is 17.2 Å². The Hall–Kier alpha value is -2.67. The van der Waals surface area contributed by atoms with Crippen molar-refractivity contribution in [1.29, 1.82) is 0 Å². The van der Waals surface area contributed by atoms with Crippen molar-refractivity contribution in [3.8, 4) is 0 Å². The summed E-state index contributed by atoms with van der Waals surface area (Å²) >= 11 is 0. The van der Waals surface area contributed by atoms with Crippen LogP contribution in [0.3, 0.4) is 0 Å². The Morgan fingerprint density at radius 1 is 1.12 bits per heavy atom. The van der Waals surface area contributed by atoms with Gasteiger partial charge in [-0.2, -0.15) is 0 Å². The summed E-state index contributed by atoms with van der Waals surface area (Å²) < 4.78 is 23.7. The van der Waals surface area contributed by atoms with E-state index in [4.69, 9.17) is 0 Å². The summed E-state index contributed by atoms with van der Waals surface area (Å²) in [5.74, 6) is -1.88. The number of carboxylic acid groups (broad SMARTS) is 1. The number of sulfone groups is 1. The minimum atomic E-state index is -3.28. The molecule has 1 heterocycles. The van der Waals surface area contributed by atoms with Crippen LogP contribution in [0.15, 0.2) is 53.4 Å². The fourth-order valence-corrected chi connectivity index (χ4v) is 3.99. The molecule has 0 saturated heterocycles. The van der Waals surface area contributed by atoms with Crippen molar-refractivity contribution in [2.45, 2.75) is 24.2 Å². The highest BCUT2D eigenvalue weighted by Crippen LogP contribution is 2.36. The summed E-state index contributed by atoms with van der Waals surface area (Å²) in [6, 6.07) is 13.2. The Kier molecular flexibility index (Phi) is 4.82. The lowest BCUT2D eigenvalue weighted by molar-refractivity contribution is -0.138. The van der Waals surface area contributed by atoms with E-state index >= 15 is 0 Å². The standard InChI is InChI=1S/C19H19NO5S/c1-2-26(24,25)14-9-7-13(8-10-14)11-18(21)20-12-16(19(22)23)15-5-3-4-6-17(15)20/h3-10,16H,2,11-12H2,1H3,(H,22,23).